The molecule has 2 saturated carbocycles. The summed E-state index contributed by atoms with van der Waals surface area (Å²) in [5, 5.41) is 12.2. The molecule has 0 aromatic heterocycles. The molecule has 0 saturated heterocycles. The minimum absolute atomic E-state index is 0.109. The highest BCUT2D eigenvalue weighted by atomic mass is 32.2. The summed E-state index contributed by atoms with van der Waals surface area (Å²) in [5.74, 6) is 1.01. The van der Waals surface area contributed by atoms with Gasteiger partial charge in [-0.1, -0.05) is 24.3 Å². The zero-order valence-electron chi connectivity index (χ0n) is 14.9. The van der Waals surface area contributed by atoms with E-state index in [1.807, 2.05) is 12.1 Å². The first-order chi connectivity index (χ1) is 12.6. The summed E-state index contributed by atoms with van der Waals surface area (Å²) in [6.07, 6.45) is 5.21. The summed E-state index contributed by atoms with van der Waals surface area (Å²) in [4.78, 5) is 26.0. The lowest BCUT2D eigenvalue weighted by Gasteiger charge is -2.43. The van der Waals surface area contributed by atoms with Crippen LogP contribution in [0.1, 0.15) is 42.1 Å². The summed E-state index contributed by atoms with van der Waals surface area (Å²) in [6, 6.07) is 8.71. The Labute approximate surface area is 158 Å². The molecular weight excluding hydrogens is 348 g/mol. The molecule has 0 radical (unpaired) electrons. The van der Waals surface area contributed by atoms with Gasteiger partial charge in [0.05, 0.1) is 6.54 Å². The molecule has 1 aromatic carbocycles. The smallest absolute Gasteiger partial charge is 0.317 e. The van der Waals surface area contributed by atoms with Crippen molar-refractivity contribution in [3.63, 3.8) is 0 Å². The minimum Gasteiger partial charge on any atom is -0.480 e. The number of nitrogens with one attached hydrogen (secondary N) is 1. The summed E-state index contributed by atoms with van der Waals surface area (Å²) in [7, 11) is 0. The number of fused-ring (bicyclic) bond motifs is 1. The first-order valence-electron chi connectivity index (χ1n) is 9.56. The minimum atomic E-state index is -0.756. The number of aryl methyl sites for hydroxylation is 1. The average molecular weight is 375 g/mol. The van der Waals surface area contributed by atoms with Crippen molar-refractivity contribution in [1.82, 2.24) is 10.2 Å². The Morgan fingerprint density at radius 2 is 2.00 bits per heavy atom. The number of amides is 1. The van der Waals surface area contributed by atoms with Gasteiger partial charge < -0.3 is 10.4 Å². The normalized spacial score (nSPS) is 27.5. The largest absolute Gasteiger partial charge is 0.480 e. The lowest BCUT2D eigenvalue weighted by molar-refractivity contribution is -0.140. The molecule has 1 aliphatic heterocycles. The fraction of sp³-hybridized carbons (Fsp3) is 0.600. The van der Waals surface area contributed by atoms with Crippen LogP contribution in [0.3, 0.4) is 0 Å². The second kappa shape index (κ2) is 7.61. The SMILES string of the molecule is O=C(O)CN(CC1CC1)C1CC(NC(=O)C2SCCc3ccccc32)C1. The number of carboxylic acids is 1. The molecule has 2 fully saturated rings. The Hall–Kier alpha value is -1.53. The Morgan fingerprint density at radius 3 is 2.73 bits per heavy atom. The second-order valence-electron chi connectivity index (χ2n) is 7.80. The number of carbonyl (C=O) groups is 2. The summed E-state index contributed by atoms with van der Waals surface area (Å²) in [6.45, 7) is 1.01. The maximum Gasteiger partial charge on any atom is 0.317 e. The summed E-state index contributed by atoms with van der Waals surface area (Å²) >= 11 is 1.72. The van der Waals surface area contributed by atoms with Crippen molar-refractivity contribution < 1.29 is 14.7 Å². The number of rotatable bonds is 7. The maximum absolute atomic E-state index is 12.8. The van der Waals surface area contributed by atoms with Gasteiger partial charge in [0.15, 0.2) is 0 Å². The quantitative estimate of drug-likeness (QED) is 0.767. The van der Waals surface area contributed by atoms with E-state index >= 15 is 0 Å². The first-order valence-corrected chi connectivity index (χ1v) is 10.6. The third kappa shape index (κ3) is 4.07. The molecule has 1 amide bonds. The molecule has 4 rings (SSSR count). The maximum atomic E-state index is 12.8. The van der Waals surface area contributed by atoms with Crippen LogP contribution in [-0.2, 0) is 16.0 Å². The molecular formula is C20H26N2O3S. The van der Waals surface area contributed by atoms with Gasteiger partial charge in [-0.25, -0.2) is 0 Å². The average Bonchev–Trinajstić information content (AvgIpc) is 3.40. The van der Waals surface area contributed by atoms with Gasteiger partial charge in [-0.3, -0.25) is 14.5 Å². The van der Waals surface area contributed by atoms with Crippen molar-refractivity contribution in [1.29, 1.82) is 0 Å². The van der Waals surface area contributed by atoms with E-state index in [0.717, 1.165) is 37.1 Å². The second-order valence-corrected chi connectivity index (χ2v) is 9.01. The first kappa shape index (κ1) is 17.9. The van der Waals surface area contributed by atoms with Crippen molar-refractivity contribution in [2.24, 2.45) is 5.92 Å². The van der Waals surface area contributed by atoms with Crippen LogP contribution in [0, 0.1) is 5.92 Å². The third-order valence-corrected chi connectivity index (χ3v) is 6.98. The Kier molecular flexibility index (Phi) is 5.23. The monoisotopic (exact) mass is 374 g/mol. The van der Waals surface area contributed by atoms with Crippen LogP contribution < -0.4 is 5.32 Å². The van der Waals surface area contributed by atoms with Crippen LogP contribution in [0.15, 0.2) is 24.3 Å². The molecule has 0 spiro atoms. The molecule has 5 nitrogen and oxygen atoms in total. The van der Waals surface area contributed by atoms with Crippen molar-refractivity contribution in [2.45, 2.75) is 49.4 Å². The number of thioether (sulfide) groups is 1. The molecule has 3 aliphatic rings. The van der Waals surface area contributed by atoms with Gasteiger partial charge in [-0.05, 0) is 54.9 Å². The summed E-state index contributed by atoms with van der Waals surface area (Å²) in [5.41, 5.74) is 2.44. The highest BCUT2D eigenvalue weighted by Crippen LogP contribution is 2.38. The predicted molar refractivity (Wildman–Crippen MR) is 102 cm³/mol. The Morgan fingerprint density at radius 1 is 1.23 bits per heavy atom. The Bertz CT molecular complexity index is 685. The van der Waals surface area contributed by atoms with Gasteiger partial charge in [0, 0.05) is 18.6 Å². The molecule has 26 heavy (non-hydrogen) atoms. The van der Waals surface area contributed by atoms with Gasteiger partial charge >= 0.3 is 5.97 Å². The van der Waals surface area contributed by atoms with Crippen molar-refractivity contribution in [2.75, 3.05) is 18.8 Å². The molecule has 1 unspecified atom stereocenters. The van der Waals surface area contributed by atoms with Crippen LogP contribution in [0.25, 0.3) is 0 Å². The Balaban J connectivity index is 1.31. The van der Waals surface area contributed by atoms with Crippen molar-refractivity contribution in [3.05, 3.63) is 35.4 Å². The standard InChI is InChI=1S/C20H26N2O3S/c23-18(24)12-22(11-13-5-6-13)16-9-15(10-16)21-20(25)19-17-4-2-1-3-14(17)7-8-26-19/h1-4,13,15-16,19H,5-12H2,(H,21,25)(H,23,24). The van der Waals surface area contributed by atoms with E-state index in [-0.39, 0.29) is 23.7 Å². The van der Waals surface area contributed by atoms with Crippen LogP contribution in [0.2, 0.25) is 0 Å². The number of carbonyl (C=O) groups excluding carboxylic acids is 1. The number of aliphatic carboxylic acids is 1. The molecule has 6 heteroatoms. The van der Waals surface area contributed by atoms with Crippen LogP contribution in [0.5, 0.6) is 0 Å². The van der Waals surface area contributed by atoms with Gasteiger partial charge in [0.25, 0.3) is 0 Å². The van der Waals surface area contributed by atoms with Gasteiger partial charge in [-0.2, -0.15) is 0 Å². The molecule has 0 bridgehead atoms. The van der Waals surface area contributed by atoms with E-state index in [1.54, 1.807) is 11.8 Å². The van der Waals surface area contributed by atoms with Crippen LogP contribution in [-0.4, -0.2) is 52.8 Å². The van der Waals surface area contributed by atoms with E-state index in [2.05, 4.69) is 22.3 Å². The molecule has 140 valence electrons. The lowest BCUT2D eigenvalue weighted by Crippen LogP contribution is -2.55. The number of hydrogen-bond donors (Lipinski definition) is 2. The number of hydrogen-bond acceptors (Lipinski definition) is 4. The van der Waals surface area contributed by atoms with E-state index in [0.29, 0.717) is 12.0 Å². The van der Waals surface area contributed by atoms with E-state index in [1.165, 1.54) is 18.4 Å². The van der Waals surface area contributed by atoms with E-state index in [4.69, 9.17) is 5.11 Å². The molecule has 2 aliphatic carbocycles. The van der Waals surface area contributed by atoms with Gasteiger partial charge in [-0.15, -0.1) is 11.8 Å². The van der Waals surface area contributed by atoms with Crippen molar-refractivity contribution >= 4 is 23.6 Å². The highest BCUT2D eigenvalue weighted by molar-refractivity contribution is 8.00. The molecule has 1 heterocycles. The third-order valence-electron chi connectivity index (χ3n) is 5.74. The lowest BCUT2D eigenvalue weighted by atomic mass is 9.85. The number of benzene rings is 1. The molecule has 2 N–H and O–H groups in total. The fourth-order valence-electron chi connectivity index (χ4n) is 4.04. The predicted octanol–water partition coefficient (Wildman–Crippen LogP) is 2.46. The zero-order chi connectivity index (χ0) is 18.1. The van der Waals surface area contributed by atoms with Gasteiger partial charge in [0.1, 0.15) is 5.25 Å². The zero-order valence-corrected chi connectivity index (χ0v) is 15.7. The summed E-state index contributed by atoms with van der Waals surface area (Å²) < 4.78 is 0. The van der Waals surface area contributed by atoms with E-state index < -0.39 is 5.97 Å². The fourth-order valence-corrected chi connectivity index (χ4v) is 5.24. The van der Waals surface area contributed by atoms with Gasteiger partial charge in [0.2, 0.25) is 5.91 Å². The number of carboxylic acid groups (broad SMARTS) is 1. The topological polar surface area (TPSA) is 69.6 Å². The van der Waals surface area contributed by atoms with Crippen molar-refractivity contribution in [3.8, 4) is 0 Å². The number of nitrogens with zero attached hydrogens (tertiary/aromatic N) is 1. The highest BCUT2D eigenvalue weighted by Gasteiger charge is 2.39. The van der Waals surface area contributed by atoms with Crippen LogP contribution >= 0.6 is 11.8 Å². The van der Waals surface area contributed by atoms with Crippen LogP contribution in [0.4, 0.5) is 0 Å². The molecule has 1 atom stereocenters. The molecule has 1 aromatic rings. The van der Waals surface area contributed by atoms with E-state index in [9.17, 15) is 9.59 Å².